The number of carbonyl (C=O) groups is 1. The smallest absolute Gasteiger partial charge is 0.318 e. The van der Waals surface area contributed by atoms with Crippen molar-refractivity contribution in [2.45, 2.75) is 32.5 Å². The molecule has 3 rings (SSSR count). The second-order valence-corrected chi connectivity index (χ2v) is 6.81. The lowest BCUT2D eigenvalue weighted by Crippen LogP contribution is -2.48. The summed E-state index contributed by atoms with van der Waals surface area (Å²) in [7, 11) is 0. The number of halogens is 2. The summed E-state index contributed by atoms with van der Waals surface area (Å²) in [4.78, 5) is 28.2. The first-order valence-corrected chi connectivity index (χ1v) is 8.43. The minimum absolute atomic E-state index is 0.0553. The van der Waals surface area contributed by atoms with Gasteiger partial charge in [0.1, 0.15) is 5.82 Å². The average molecular weight is 394 g/mol. The number of benzene rings is 1. The predicted octanol–water partition coefficient (Wildman–Crippen LogP) is 2.93. The zero-order valence-electron chi connectivity index (χ0n) is 13.1. The zero-order chi connectivity index (χ0) is 17.3. The molecule has 1 aliphatic rings. The molecule has 7 heteroatoms. The Morgan fingerprint density at radius 2 is 2.29 bits per heavy atom. The SMILES string of the molecule is CC1Cc2cc(Br)cc(F)c2CN1C(=O)NCc1ccc[nH]c1=O. The number of hydrogen-bond donors (Lipinski definition) is 2. The van der Waals surface area contributed by atoms with Crippen molar-refractivity contribution in [2.75, 3.05) is 0 Å². The van der Waals surface area contributed by atoms with Gasteiger partial charge in [-0.05, 0) is 37.1 Å². The van der Waals surface area contributed by atoms with E-state index in [1.165, 1.54) is 12.3 Å². The first-order chi connectivity index (χ1) is 11.5. The molecule has 2 amide bonds. The topological polar surface area (TPSA) is 65.2 Å². The summed E-state index contributed by atoms with van der Waals surface area (Å²) in [6.45, 7) is 2.27. The van der Waals surface area contributed by atoms with Gasteiger partial charge in [0.05, 0.1) is 6.54 Å². The summed E-state index contributed by atoms with van der Waals surface area (Å²) in [6.07, 6.45) is 2.13. The first-order valence-electron chi connectivity index (χ1n) is 7.63. The maximum absolute atomic E-state index is 14.2. The van der Waals surface area contributed by atoms with E-state index in [1.54, 1.807) is 17.0 Å². The molecule has 2 N–H and O–H groups in total. The fourth-order valence-corrected chi connectivity index (χ4v) is 3.39. The Morgan fingerprint density at radius 1 is 1.50 bits per heavy atom. The number of pyridine rings is 1. The number of H-pyrrole nitrogens is 1. The van der Waals surface area contributed by atoms with Gasteiger partial charge in [-0.2, -0.15) is 0 Å². The molecule has 1 unspecified atom stereocenters. The average Bonchev–Trinajstić information content (AvgIpc) is 2.53. The molecule has 1 aliphatic heterocycles. The number of rotatable bonds is 2. The molecule has 0 saturated carbocycles. The van der Waals surface area contributed by atoms with Crippen molar-refractivity contribution < 1.29 is 9.18 Å². The van der Waals surface area contributed by atoms with Gasteiger partial charge in [-0.1, -0.05) is 22.0 Å². The normalized spacial score (nSPS) is 16.6. The Bertz CT molecular complexity index is 837. The molecule has 0 saturated heterocycles. The molecule has 126 valence electrons. The predicted molar refractivity (Wildman–Crippen MR) is 92.1 cm³/mol. The Labute approximate surface area is 147 Å². The zero-order valence-corrected chi connectivity index (χ0v) is 14.7. The second-order valence-electron chi connectivity index (χ2n) is 5.89. The van der Waals surface area contributed by atoms with Crippen molar-refractivity contribution in [3.8, 4) is 0 Å². The highest BCUT2D eigenvalue weighted by molar-refractivity contribution is 9.10. The molecule has 2 heterocycles. The highest BCUT2D eigenvalue weighted by Crippen LogP contribution is 2.28. The molecule has 1 atom stereocenters. The van der Waals surface area contributed by atoms with Crippen molar-refractivity contribution in [1.29, 1.82) is 0 Å². The minimum atomic E-state index is -0.316. The molecule has 1 aromatic heterocycles. The van der Waals surface area contributed by atoms with Crippen LogP contribution in [0.25, 0.3) is 0 Å². The number of fused-ring (bicyclic) bond motifs is 1. The third kappa shape index (κ3) is 3.36. The largest absolute Gasteiger partial charge is 0.334 e. The van der Waals surface area contributed by atoms with Crippen LogP contribution >= 0.6 is 15.9 Å². The third-order valence-corrected chi connectivity index (χ3v) is 4.68. The summed E-state index contributed by atoms with van der Waals surface area (Å²) in [5.41, 5.74) is 1.71. The fraction of sp³-hybridized carbons (Fsp3) is 0.294. The molecule has 0 aliphatic carbocycles. The lowest BCUT2D eigenvalue weighted by atomic mass is 9.94. The van der Waals surface area contributed by atoms with Gasteiger partial charge < -0.3 is 15.2 Å². The highest BCUT2D eigenvalue weighted by Gasteiger charge is 2.28. The van der Waals surface area contributed by atoms with Gasteiger partial charge in [0.15, 0.2) is 0 Å². The summed E-state index contributed by atoms with van der Waals surface area (Å²) >= 11 is 3.30. The van der Waals surface area contributed by atoms with E-state index in [4.69, 9.17) is 0 Å². The number of aromatic nitrogens is 1. The van der Waals surface area contributed by atoms with Crippen LogP contribution in [0.15, 0.2) is 39.7 Å². The van der Waals surface area contributed by atoms with Crippen LogP contribution in [0, 0.1) is 5.82 Å². The number of urea groups is 1. The van der Waals surface area contributed by atoms with Crippen molar-refractivity contribution >= 4 is 22.0 Å². The Balaban J connectivity index is 1.74. The molecule has 24 heavy (non-hydrogen) atoms. The van der Waals surface area contributed by atoms with E-state index in [1.807, 2.05) is 13.0 Å². The summed E-state index contributed by atoms with van der Waals surface area (Å²) in [5, 5.41) is 2.74. The third-order valence-electron chi connectivity index (χ3n) is 4.22. The maximum Gasteiger partial charge on any atom is 0.318 e. The Kier molecular flexibility index (Phi) is 4.71. The summed E-state index contributed by atoms with van der Waals surface area (Å²) in [5.74, 6) is -0.316. The van der Waals surface area contributed by atoms with Crippen LogP contribution in [-0.4, -0.2) is 22.0 Å². The van der Waals surface area contributed by atoms with Gasteiger partial charge in [-0.25, -0.2) is 9.18 Å². The van der Waals surface area contributed by atoms with Crippen molar-refractivity contribution in [3.63, 3.8) is 0 Å². The van der Waals surface area contributed by atoms with Gasteiger partial charge >= 0.3 is 6.03 Å². The lowest BCUT2D eigenvalue weighted by molar-refractivity contribution is 0.167. The number of nitrogens with zero attached hydrogens (tertiary/aromatic N) is 1. The van der Waals surface area contributed by atoms with E-state index < -0.39 is 0 Å². The molecule has 0 bridgehead atoms. The van der Waals surface area contributed by atoms with Gasteiger partial charge in [0.25, 0.3) is 5.56 Å². The van der Waals surface area contributed by atoms with Crippen LogP contribution < -0.4 is 10.9 Å². The second kappa shape index (κ2) is 6.76. The number of aromatic amines is 1. The van der Waals surface area contributed by atoms with E-state index >= 15 is 0 Å². The van der Waals surface area contributed by atoms with Gasteiger partial charge in [0.2, 0.25) is 0 Å². The molecule has 0 radical (unpaired) electrons. The summed E-state index contributed by atoms with van der Waals surface area (Å²) < 4.78 is 14.9. The molecule has 5 nitrogen and oxygen atoms in total. The Hall–Kier alpha value is -2.15. The van der Waals surface area contributed by atoms with Crippen molar-refractivity contribution in [2.24, 2.45) is 0 Å². The molecule has 2 aromatic rings. The molecule has 0 spiro atoms. The van der Waals surface area contributed by atoms with Crippen LogP contribution in [-0.2, 0) is 19.5 Å². The number of nitrogens with one attached hydrogen (secondary N) is 2. The summed E-state index contributed by atoms with van der Waals surface area (Å²) in [6, 6.07) is 6.31. The quantitative estimate of drug-likeness (QED) is 0.823. The number of amides is 2. The highest BCUT2D eigenvalue weighted by atomic mass is 79.9. The lowest BCUT2D eigenvalue weighted by Gasteiger charge is -2.35. The Morgan fingerprint density at radius 3 is 3.04 bits per heavy atom. The standard InChI is InChI=1S/C17H17BrFN3O2/c1-10-5-12-6-13(18)7-15(19)14(12)9-22(10)17(24)21-8-11-3-2-4-20-16(11)23/h2-4,6-7,10H,5,8-9H2,1H3,(H,20,23)(H,21,24). The monoisotopic (exact) mass is 393 g/mol. The maximum atomic E-state index is 14.2. The molecule has 1 aromatic carbocycles. The van der Waals surface area contributed by atoms with Crippen LogP contribution in [0.2, 0.25) is 0 Å². The first kappa shape index (κ1) is 16.7. The van der Waals surface area contributed by atoms with Crippen LogP contribution in [0.5, 0.6) is 0 Å². The van der Waals surface area contributed by atoms with E-state index in [-0.39, 0.29) is 36.5 Å². The van der Waals surface area contributed by atoms with Gasteiger partial charge in [-0.15, -0.1) is 0 Å². The number of carbonyl (C=O) groups excluding carboxylic acids is 1. The van der Waals surface area contributed by atoms with Crippen LogP contribution in [0.1, 0.15) is 23.6 Å². The fourth-order valence-electron chi connectivity index (χ4n) is 2.91. The van der Waals surface area contributed by atoms with E-state index in [0.717, 1.165) is 5.56 Å². The van der Waals surface area contributed by atoms with Gasteiger partial charge in [-0.3, -0.25) is 4.79 Å². The van der Waals surface area contributed by atoms with E-state index in [9.17, 15) is 14.0 Å². The molecule has 0 fully saturated rings. The van der Waals surface area contributed by atoms with Gasteiger partial charge in [0, 0.05) is 34.4 Å². The van der Waals surface area contributed by atoms with E-state index in [0.29, 0.717) is 22.0 Å². The molecular weight excluding hydrogens is 377 g/mol. The van der Waals surface area contributed by atoms with Crippen LogP contribution in [0.3, 0.4) is 0 Å². The van der Waals surface area contributed by atoms with E-state index in [2.05, 4.69) is 26.2 Å². The van der Waals surface area contributed by atoms with Crippen LogP contribution in [0.4, 0.5) is 9.18 Å². The van der Waals surface area contributed by atoms with Crippen molar-refractivity contribution in [3.05, 3.63) is 67.8 Å². The number of hydrogen-bond acceptors (Lipinski definition) is 2. The van der Waals surface area contributed by atoms with Crippen molar-refractivity contribution in [1.82, 2.24) is 15.2 Å². The minimum Gasteiger partial charge on any atom is -0.334 e. The molecular formula is C17H17BrFN3O2.